The van der Waals surface area contributed by atoms with Gasteiger partial charge in [0.1, 0.15) is 11.2 Å². The van der Waals surface area contributed by atoms with Crippen molar-refractivity contribution in [3.63, 3.8) is 0 Å². The Morgan fingerprint density at radius 1 is 0.386 bits per heavy atom. The zero-order chi connectivity index (χ0) is 37.5. The average molecular weight is 745 g/mol. The lowest BCUT2D eigenvalue weighted by atomic mass is 9.99. The molecule has 266 valence electrons. The van der Waals surface area contributed by atoms with Crippen LogP contribution >= 0.6 is 11.3 Å². The number of rotatable bonds is 5. The molecule has 0 amide bonds. The smallest absolute Gasteiger partial charge is 0.136 e. The zero-order valence-electron chi connectivity index (χ0n) is 30.7. The summed E-state index contributed by atoms with van der Waals surface area (Å²) < 4.78 is 11.3. The highest BCUT2D eigenvalue weighted by atomic mass is 32.1. The number of hydrogen-bond acceptors (Lipinski definition) is 3. The van der Waals surface area contributed by atoms with Crippen LogP contribution in [0.2, 0.25) is 0 Å². The highest BCUT2D eigenvalue weighted by Gasteiger charge is 2.21. The minimum absolute atomic E-state index is 0.903. The predicted octanol–water partition coefficient (Wildman–Crippen LogP) is 15.1. The van der Waals surface area contributed by atoms with Crippen LogP contribution in [0.25, 0.3) is 114 Å². The summed E-state index contributed by atoms with van der Waals surface area (Å²) in [6, 6.07) is 69.4. The number of aromatic nitrogens is 2. The van der Waals surface area contributed by atoms with Gasteiger partial charge < -0.3 is 8.98 Å². The Morgan fingerprint density at radius 3 is 1.84 bits per heavy atom. The number of pyridine rings is 1. The van der Waals surface area contributed by atoms with Gasteiger partial charge in [-0.25, -0.2) is 4.98 Å². The molecule has 0 saturated carbocycles. The summed E-state index contributed by atoms with van der Waals surface area (Å²) in [6.45, 7) is 0. The monoisotopic (exact) mass is 744 g/mol. The van der Waals surface area contributed by atoms with Crippen LogP contribution in [0.5, 0.6) is 0 Å². The maximum Gasteiger partial charge on any atom is 0.136 e. The first kappa shape index (κ1) is 32.0. The molecule has 0 saturated heterocycles. The number of para-hydroxylation sites is 2. The van der Waals surface area contributed by atoms with Crippen LogP contribution in [0.3, 0.4) is 0 Å². The molecule has 3 nitrogen and oxygen atoms in total. The Hall–Kier alpha value is -7.27. The van der Waals surface area contributed by atoms with Gasteiger partial charge in [0.15, 0.2) is 0 Å². The number of fused-ring (bicyclic) bond motifs is 10. The molecule has 12 rings (SSSR count). The number of nitrogens with zero attached hydrogens (tertiary/aromatic N) is 2. The molecular weight excluding hydrogens is 713 g/mol. The fourth-order valence-corrected chi connectivity index (χ4v) is 10.1. The van der Waals surface area contributed by atoms with E-state index in [0.29, 0.717) is 0 Å². The van der Waals surface area contributed by atoms with Gasteiger partial charge in [-0.15, -0.1) is 11.3 Å². The summed E-state index contributed by atoms with van der Waals surface area (Å²) in [7, 11) is 0. The van der Waals surface area contributed by atoms with Gasteiger partial charge in [-0.1, -0.05) is 140 Å². The highest BCUT2D eigenvalue weighted by molar-refractivity contribution is 7.27. The molecular formula is C53H32N2OS. The summed E-state index contributed by atoms with van der Waals surface area (Å²) in [5, 5.41) is 7.30. The Bertz CT molecular complexity index is 3450. The normalized spacial score (nSPS) is 11.9. The third-order valence-electron chi connectivity index (χ3n) is 11.4. The molecule has 4 aromatic heterocycles. The second-order valence-electron chi connectivity index (χ2n) is 14.7. The van der Waals surface area contributed by atoms with E-state index in [1.54, 1.807) is 0 Å². The van der Waals surface area contributed by atoms with E-state index in [0.717, 1.165) is 66.8 Å². The summed E-state index contributed by atoms with van der Waals surface area (Å²) >= 11 is 1.88. The minimum Gasteiger partial charge on any atom is -0.456 e. The fraction of sp³-hybridized carbons (Fsp3) is 0. The lowest BCUT2D eigenvalue weighted by Gasteiger charge is -2.11. The largest absolute Gasteiger partial charge is 0.456 e. The van der Waals surface area contributed by atoms with Gasteiger partial charge in [0.25, 0.3) is 0 Å². The molecule has 0 unspecified atom stereocenters. The van der Waals surface area contributed by atoms with Crippen molar-refractivity contribution in [2.24, 2.45) is 0 Å². The molecule has 57 heavy (non-hydrogen) atoms. The molecule has 0 aliphatic rings. The van der Waals surface area contributed by atoms with Crippen molar-refractivity contribution in [1.29, 1.82) is 0 Å². The topological polar surface area (TPSA) is 31.0 Å². The van der Waals surface area contributed by atoms with Crippen LogP contribution in [-0.4, -0.2) is 9.55 Å². The Balaban J connectivity index is 1.09. The Morgan fingerprint density at radius 2 is 1.02 bits per heavy atom. The maximum absolute atomic E-state index is 6.31. The van der Waals surface area contributed by atoms with E-state index in [4.69, 9.17) is 9.40 Å². The zero-order valence-corrected chi connectivity index (χ0v) is 31.5. The van der Waals surface area contributed by atoms with E-state index in [-0.39, 0.29) is 0 Å². The SMILES string of the molecule is c1ccc(-c2cc(-c3ccccc3)nc(-c3cccc4c3sc3c4ccc4c3c3ccc(-c5ccc6c(c5)oc5ccccc56)cc3n4-c3ccccc3)c2)cc1. The van der Waals surface area contributed by atoms with Crippen molar-refractivity contribution in [3.05, 3.63) is 194 Å². The van der Waals surface area contributed by atoms with Crippen molar-refractivity contribution in [3.8, 4) is 50.5 Å². The van der Waals surface area contributed by atoms with E-state index in [1.807, 2.05) is 23.5 Å². The van der Waals surface area contributed by atoms with E-state index in [9.17, 15) is 0 Å². The second kappa shape index (κ2) is 12.6. The summed E-state index contributed by atoms with van der Waals surface area (Å²) in [6.07, 6.45) is 0. The van der Waals surface area contributed by atoms with Crippen LogP contribution < -0.4 is 0 Å². The van der Waals surface area contributed by atoms with E-state index in [1.165, 1.54) is 47.5 Å². The molecule has 0 fully saturated rings. The average Bonchev–Trinajstić information content (AvgIpc) is 3.96. The molecule has 0 atom stereocenters. The van der Waals surface area contributed by atoms with Crippen molar-refractivity contribution >= 4 is 75.3 Å². The van der Waals surface area contributed by atoms with Gasteiger partial charge in [-0.05, 0) is 76.9 Å². The quantitative estimate of drug-likeness (QED) is 0.176. The first-order valence-electron chi connectivity index (χ1n) is 19.3. The van der Waals surface area contributed by atoms with Crippen molar-refractivity contribution in [1.82, 2.24) is 9.55 Å². The molecule has 12 aromatic rings. The Labute approximate surface area is 332 Å². The molecule has 0 aliphatic carbocycles. The van der Waals surface area contributed by atoms with E-state index in [2.05, 4.69) is 187 Å². The number of benzene rings is 8. The Kier molecular flexibility index (Phi) is 7.10. The van der Waals surface area contributed by atoms with Crippen LogP contribution in [0, 0.1) is 0 Å². The van der Waals surface area contributed by atoms with Gasteiger partial charge in [0.2, 0.25) is 0 Å². The van der Waals surface area contributed by atoms with Gasteiger partial charge in [0.05, 0.1) is 22.4 Å². The van der Waals surface area contributed by atoms with E-state index < -0.39 is 0 Å². The maximum atomic E-state index is 6.31. The van der Waals surface area contributed by atoms with Crippen LogP contribution in [0.15, 0.2) is 199 Å². The van der Waals surface area contributed by atoms with Gasteiger partial charge in [0, 0.05) is 58.5 Å². The summed E-state index contributed by atoms with van der Waals surface area (Å²) in [5.74, 6) is 0. The van der Waals surface area contributed by atoms with Gasteiger partial charge in [-0.3, -0.25) is 0 Å². The standard InChI is InChI=1S/C53H32N2OS/c1-4-13-33(14-5-1)37-29-45(34-15-6-2-7-16-34)54-46(30-37)43-21-12-20-41-42-27-28-47-51(53(42)57-52(41)43)44-26-24-35(31-48(44)55(47)38-17-8-3-9-18-38)36-23-25-40-39-19-10-11-22-49(39)56-50(40)32-36/h1-32H. The molecule has 0 bridgehead atoms. The highest BCUT2D eigenvalue weighted by Crippen LogP contribution is 2.47. The third-order valence-corrected chi connectivity index (χ3v) is 12.7. The first-order valence-corrected chi connectivity index (χ1v) is 20.1. The number of thiophene rings is 1. The van der Waals surface area contributed by atoms with Crippen LogP contribution in [-0.2, 0) is 0 Å². The lowest BCUT2D eigenvalue weighted by molar-refractivity contribution is 0.669. The lowest BCUT2D eigenvalue weighted by Crippen LogP contribution is -1.93. The first-order chi connectivity index (χ1) is 28.2. The number of hydrogen-bond donors (Lipinski definition) is 0. The van der Waals surface area contributed by atoms with Crippen molar-refractivity contribution in [2.45, 2.75) is 0 Å². The second-order valence-corrected chi connectivity index (χ2v) is 15.7. The van der Waals surface area contributed by atoms with Crippen LogP contribution in [0.1, 0.15) is 0 Å². The third kappa shape index (κ3) is 5.08. The van der Waals surface area contributed by atoms with Gasteiger partial charge in [-0.2, -0.15) is 0 Å². The molecule has 0 aliphatic heterocycles. The molecule has 0 spiro atoms. The summed E-state index contributed by atoms with van der Waals surface area (Å²) in [4.78, 5) is 5.34. The van der Waals surface area contributed by atoms with E-state index >= 15 is 0 Å². The number of furan rings is 1. The summed E-state index contributed by atoms with van der Waals surface area (Å²) in [5.41, 5.74) is 14.1. The molecule has 0 radical (unpaired) electrons. The fourth-order valence-electron chi connectivity index (χ4n) is 8.72. The molecule has 0 N–H and O–H groups in total. The van der Waals surface area contributed by atoms with Gasteiger partial charge >= 0.3 is 0 Å². The van der Waals surface area contributed by atoms with Crippen LogP contribution in [0.4, 0.5) is 0 Å². The molecule has 4 heterocycles. The minimum atomic E-state index is 0.903. The van der Waals surface area contributed by atoms with Crippen molar-refractivity contribution in [2.75, 3.05) is 0 Å². The predicted molar refractivity (Wildman–Crippen MR) is 240 cm³/mol. The molecule has 4 heteroatoms. The van der Waals surface area contributed by atoms with Crippen molar-refractivity contribution < 1.29 is 4.42 Å². The molecule has 8 aromatic carbocycles.